The average molecular weight is 390 g/mol. The number of hydrogen-bond donors (Lipinski definition) is 2. The molecule has 8 heteroatoms. The molecule has 2 aromatic heterocycles. The summed E-state index contributed by atoms with van der Waals surface area (Å²) in [5.41, 5.74) is 6.81. The van der Waals surface area contributed by atoms with Crippen LogP contribution in [0.15, 0.2) is 24.4 Å². The predicted octanol–water partition coefficient (Wildman–Crippen LogP) is 3.45. The summed E-state index contributed by atoms with van der Waals surface area (Å²) in [7, 11) is 1.43. The maximum atomic E-state index is 14.7. The van der Waals surface area contributed by atoms with E-state index in [2.05, 4.69) is 29.1 Å². The average Bonchev–Trinajstić information content (AvgIpc) is 2.61. The van der Waals surface area contributed by atoms with Gasteiger partial charge in [-0.05, 0) is 32.3 Å². The molecule has 0 unspecified atom stereocenters. The summed E-state index contributed by atoms with van der Waals surface area (Å²) in [5, 5.41) is 2.32. The third-order valence-electron chi connectivity index (χ3n) is 3.96. The number of aryl methyl sites for hydroxylation is 1. The molecule has 1 amide bonds. The van der Waals surface area contributed by atoms with Gasteiger partial charge in [0.25, 0.3) is 0 Å². The lowest BCUT2D eigenvalue weighted by Gasteiger charge is -2.27. The highest BCUT2D eigenvalue weighted by molar-refractivity contribution is 5.70. The zero-order valence-electron chi connectivity index (χ0n) is 16.9. The lowest BCUT2D eigenvalue weighted by molar-refractivity contribution is 0.201. The molecule has 0 bridgehead atoms. The van der Waals surface area contributed by atoms with Crippen LogP contribution in [0, 0.1) is 18.7 Å². The van der Waals surface area contributed by atoms with Crippen molar-refractivity contribution >= 4 is 6.09 Å². The Morgan fingerprint density at radius 1 is 1.39 bits per heavy atom. The first kappa shape index (κ1) is 21.6. The zero-order valence-corrected chi connectivity index (χ0v) is 16.9. The molecule has 0 aliphatic heterocycles. The monoisotopic (exact) mass is 390 g/mol. The molecule has 0 saturated carbocycles. The van der Waals surface area contributed by atoms with Gasteiger partial charge in [0.2, 0.25) is 5.88 Å². The minimum absolute atomic E-state index is 0.0450. The Kier molecular flexibility index (Phi) is 6.90. The van der Waals surface area contributed by atoms with E-state index in [-0.39, 0.29) is 18.2 Å². The van der Waals surface area contributed by atoms with E-state index < -0.39 is 17.4 Å². The van der Waals surface area contributed by atoms with E-state index in [1.54, 1.807) is 13.0 Å². The molecule has 7 nitrogen and oxygen atoms in total. The third kappa shape index (κ3) is 5.88. The van der Waals surface area contributed by atoms with E-state index in [1.807, 2.05) is 6.92 Å². The first-order valence-corrected chi connectivity index (χ1v) is 9.06. The van der Waals surface area contributed by atoms with Crippen LogP contribution >= 0.6 is 0 Å². The lowest BCUT2D eigenvalue weighted by Crippen LogP contribution is -2.43. The van der Waals surface area contributed by atoms with Gasteiger partial charge in [0.15, 0.2) is 5.82 Å². The number of nitrogens with two attached hydrogens (primary N) is 1. The van der Waals surface area contributed by atoms with Gasteiger partial charge in [0, 0.05) is 36.5 Å². The second-order valence-corrected chi connectivity index (χ2v) is 7.47. The summed E-state index contributed by atoms with van der Waals surface area (Å²) in [6, 6.07) is 4.32. The molecule has 1 atom stereocenters. The number of pyridine rings is 2. The van der Waals surface area contributed by atoms with E-state index in [0.29, 0.717) is 22.9 Å². The Morgan fingerprint density at radius 3 is 2.75 bits per heavy atom. The molecule has 0 aliphatic rings. The normalized spacial score (nSPS) is 13.1. The van der Waals surface area contributed by atoms with Crippen molar-refractivity contribution in [1.29, 1.82) is 0 Å². The maximum absolute atomic E-state index is 14.7. The predicted molar refractivity (Wildman–Crippen MR) is 105 cm³/mol. The van der Waals surface area contributed by atoms with Crippen LogP contribution in [-0.2, 0) is 0 Å². The van der Waals surface area contributed by atoms with Crippen molar-refractivity contribution in [1.82, 2.24) is 15.3 Å². The van der Waals surface area contributed by atoms with Gasteiger partial charge in [-0.15, -0.1) is 0 Å². The number of rotatable bonds is 7. The number of carbonyl (C=O) groups is 1. The number of aromatic nitrogens is 2. The number of hydrogen-bond acceptors (Lipinski definition) is 6. The van der Waals surface area contributed by atoms with Gasteiger partial charge < -0.3 is 20.5 Å². The van der Waals surface area contributed by atoms with Gasteiger partial charge in [0.1, 0.15) is 18.1 Å². The second kappa shape index (κ2) is 8.97. The van der Waals surface area contributed by atoms with Gasteiger partial charge >= 0.3 is 6.09 Å². The molecule has 152 valence electrons. The van der Waals surface area contributed by atoms with E-state index in [9.17, 15) is 9.18 Å². The molecule has 0 aliphatic carbocycles. The van der Waals surface area contributed by atoms with Crippen LogP contribution in [0.4, 0.5) is 9.18 Å². The van der Waals surface area contributed by atoms with Crippen molar-refractivity contribution in [3.63, 3.8) is 0 Å². The van der Waals surface area contributed by atoms with Crippen molar-refractivity contribution in [2.24, 2.45) is 11.7 Å². The van der Waals surface area contributed by atoms with Crippen molar-refractivity contribution in [3.8, 4) is 22.9 Å². The van der Waals surface area contributed by atoms with Crippen LogP contribution < -0.4 is 20.5 Å². The Morgan fingerprint density at radius 2 is 2.11 bits per heavy atom. The summed E-state index contributed by atoms with van der Waals surface area (Å²) >= 11 is 0. The van der Waals surface area contributed by atoms with Gasteiger partial charge in [-0.3, -0.25) is 0 Å². The second-order valence-electron chi connectivity index (χ2n) is 7.47. The molecule has 0 radical (unpaired) electrons. The highest BCUT2D eigenvalue weighted by atomic mass is 19.1. The van der Waals surface area contributed by atoms with Crippen molar-refractivity contribution in [2.75, 3.05) is 13.7 Å². The highest BCUT2D eigenvalue weighted by Crippen LogP contribution is 2.28. The molecule has 0 fully saturated rings. The Bertz CT molecular complexity index is 840. The fraction of sp³-hybridized carbons (Fsp3) is 0.450. The van der Waals surface area contributed by atoms with Crippen LogP contribution in [0.2, 0.25) is 0 Å². The number of ether oxygens (including phenoxy) is 2. The van der Waals surface area contributed by atoms with E-state index >= 15 is 0 Å². The van der Waals surface area contributed by atoms with Crippen LogP contribution in [0.5, 0.6) is 11.6 Å². The van der Waals surface area contributed by atoms with Crippen LogP contribution in [0.1, 0.15) is 32.9 Å². The summed E-state index contributed by atoms with van der Waals surface area (Å²) in [6.07, 6.45) is 1.54. The number of halogens is 1. The fourth-order valence-electron chi connectivity index (χ4n) is 2.91. The Hall–Kier alpha value is -2.74. The zero-order chi connectivity index (χ0) is 20.9. The molecule has 0 spiro atoms. The number of nitrogens with one attached hydrogen (secondary N) is 1. The molecule has 28 heavy (non-hydrogen) atoms. The van der Waals surface area contributed by atoms with Gasteiger partial charge in [-0.25, -0.2) is 19.2 Å². The van der Waals surface area contributed by atoms with Gasteiger partial charge in [-0.2, -0.15) is 0 Å². The lowest BCUT2D eigenvalue weighted by atomic mass is 9.93. The van der Waals surface area contributed by atoms with E-state index in [1.165, 1.54) is 25.4 Å². The highest BCUT2D eigenvalue weighted by Gasteiger charge is 2.22. The van der Waals surface area contributed by atoms with Crippen molar-refractivity contribution in [3.05, 3.63) is 35.9 Å². The smallest absolute Gasteiger partial charge is 0.413 e. The molecule has 0 saturated heterocycles. The first-order chi connectivity index (χ1) is 13.1. The number of nitrogens with zero attached hydrogens (tertiary/aromatic N) is 2. The molecule has 0 aromatic carbocycles. The SMILES string of the molecule is CNC(=O)Oc1cc(-c2nc(C)c(OC[C@@](C)(N)CC(C)C)cc2F)ccn1. The summed E-state index contributed by atoms with van der Waals surface area (Å²) in [4.78, 5) is 19.6. The van der Waals surface area contributed by atoms with Gasteiger partial charge in [0.05, 0.1) is 5.69 Å². The molecular weight excluding hydrogens is 363 g/mol. The maximum Gasteiger partial charge on any atom is 0.413 e. The minimum Gasteiger partial charge on any atom is -0.490 e. The van der Waals surface area contributed by atoms with Crippen LogP contribution in [0.3, 0.4) is 0 Å². The summed E-state index contributed by atoms with van der Waals surface area (Å²) in [6.45, 7) is 8.07. The quantitative estimate of drug-likeness (QED) is 0.751. The van der Waals surface area contributed by atoms with E-state index in [0.717, 1.165) is 6.42 Å². The minimum atomic E-state index is -0.663. The van der Waals surface area contributed by atoms with Gasteiger partial charge in [-0.1, -0.05) is 13.8 Å². The standard InChI is InChI=1S/C20H27FN4O3/c1-12(2)10-20(4,22)11-27-16-9-15(21)18(25-13(16)3)14-6-7-24-17(8-14)28-19(26)23-5/h6-9,12H,10-11,22H2,1-5H3,(H,23,26)/t20-/m0/s1. The summed E-state index contributed by atoms with van der Waals surface area (Å²) < 4.78 is 25.4. The largest absolute Gasteiger partial charge is 0.490 e. The molecule has 3 N–H and O–H groups in total. The molecular formula is C20H27FN4O3. The fourth-order valence-corrected chi connectivity index (χ4v) is 2.91. The van der Waals surface area contributed by atoms with Crippen molar-refractivity contribution in [2.45, 2.75) is 39.7 Å². The van der Waals surface area contributed by atoms with Crippen LogP contribution in [0.25, 0.3) is 11.3 Å². The Labute approximate surface area is 164 Å². The van der Waals surface area contributed by atoms with E-state index in [4.69, 9.17) is 15.2 Å². The first-order valence-electron chi connectivity index (χ1n) is 9.06. The number of amides is 1. The van der Waals surface area contributed by atoms with Crippen LogP contribution in [-0.4, -0.2) is 35.3 Å². The summed E-state index contributed by atoms with van der Waals surface area (Å²) in [5.74, 6) is 0.260. The topological polar surface area (TPSA) is 99.4 Å². The third-order valence-corrected chi connectivity index (χ3v) is 3.96. The molecule has 2 aromatic rings. The molecule has 2 heterocycles. The van der Waals surface area contributed by atoms with Crippen molar-refractivity contribution < 1.29 is 18.7 Å². The number of carbonyl (C=O) groups excluding carboxylic acids is 1. The molecule has 2 rings (SSSR count). The Balaban J connectivity index is 2.22.